The zero-order chi connectivity index (χ0) is 14.5. The number of hydrogen-bond donors (Lipinski definition) is 1. The topological polar surface area (TPSA) is 64.8 Å². The van der Waals surface area contributed by atoms with Gasteiger partial charge in [0.25, 0.3) is 5.91 Å². The molecule has 1 aromatic rings. The van der Waals surface area contributed by atoms with Crippen molar-refractivity contribution >= 4 is 5.91 Å². The third-order valence-corrected chi connectivity index (χ3v) is 3.77. The van der Waals surface area contributed by atoms with E-state index in [0.717, 1.165) is 12.0 Å². The number of benzene rings is 1. The van der Waals surface area contributed by atoms with Crippen LogP contribution in [0.25, 0.3) is 0 Å². The lowest BCUT2D eigenvalue weighted by Crippen LogP contribution is -2.43. The van der Waals surface area contributed by atoms with Crippen LogP contribution in [0.3, 0.4) is 0 Å². The van der Waals surface area contributed by atoms with Crippen molar-refractivity contribution in [3.05, 3.63) is 29.8 Å². The Morgan fingerprint density at radius 3 is 2.90 bits per heavy atom. The van der Waals surface area contributed by atoms with Gasteiger partial charge in [-0.25, -0.2) is 0 Å². The Morgan fingerprint density at radius 1 is 1.50 bits per heavy atom. The van der Waals surface area contributed by atoms with Gasteiger partial charge in [0, 0.05) is 25.8 Å². The lowest BCUT2D eigenvalue weighted by Gasteiger charge is -2.26. The molecule has 1 heterocycles. The zero-order valence-corrected chi connectivity index (χ0v) is 12.0. The summed E-state index contributed by atoms with van der Waals surface area (Å²) in [5.74, 6) is 0.631. The minimum absolute atomic E-state index is 0.0245. The number of carbonyl (C=O) groups excluding carboxylic acids is 1. The molecule has 2 unspecified atom stereocenters. The van der Waals surface area contributed by atoms with Crippen LogP contribution in [-0.2, 0) is 16.1 Å². The van der Waals surface area contributed by atoms with Crippen LogP contribution >= 0.6 is 0 Å². The fourth-order valence-electron chi connectivity index (χ4n) is 2.47. The first kappa shape index (κ1) is 14.8. The largest absolute Gasteiger partial charge is 0.483 e. The second-order valence-corrected chi connectivity index (χ2v) is 5.04. The molecule has 0 aliphatic carbocycles. The van der Waals surface area contributed by atoms with E-state index >= 15 is 0 Å². The highest BCUT2D eigenvalue weighted by Crippen LogP contribution is 2.20. The zero-order valence-electron chi connectivity index (χ0n) is 12.0. The Morgan fingerprint density at radius 2 is 2.25 bits per heavy atom. The van der Waals surface area contributed by atoms with Crippen LogP contribution < -0.4 is 10.5 Å². The molecule has 1 aliphatic rings. The van der Waals surface area contributed by atoms with Crippen molar-refractivity contribution in [3.63, 3.8) is 0 Å². The van der Waals surface area contributed by atoms with Crippen LogP contribution in [0, 0.1) is 0 Å². The van der Waals surface area contributed by atoms with Gasteiger partial charge in [-0.1, -0.05) is 18.2 Å². The van der Waals surface area contributed by atoms with Crippen LogP contribution in [0.1, 0.15) is 18.9 Å². The first-order valence-corrected chi connectivity index (χ1v) is 6.91. The summed E-state index contributed by atoms with van der Waals surface area (Å²) in [5, 5.41) is 0. The van der Waals surface area contributed by atoms with Crippen LogP contribution in [0.4, 0.5) is 0 Å². The standard InChI is InChI=1S/C15H22N2O3/c1-11-13(7-8-19-11)17(2)15(18)10-20-14-6-4-3-5-12(14)9-16/h3-6,11,13H,7-10,16H2,1-2H3. The maximum Gasteiger partial charge on any atom is 0.260 e. The summed E-state index contributed by atoms with van der Waals surface area (Å²) in [5.41, 5.74) is 6.55. The molecule has 5 nitrogen and oxygen atoms in total. The van der Waals surface area contributed by atoms with Gasteiger partial charge in [0.2, 0.25) is 0 Å². The minimum Gasteiger partial charge on any atom is -0.483 e. The predicted octanol–water partition coefficient (Wildman–Crippen LogP) is 1.16. The molecule has 2 atom stereocenters. The molecule has 110 valence electrons. The van der Waals surface area contributed by atoms with E-state index in [4.69, 9.17) is 15.2 Å². The summed E-state index contributed by atoms with van der Waals surface area (Å²) in [6, 6.07) is 7.64. The van der Waals surface area contributed by atoms with Gasteiger partial charge in [0.05, 0.1) is 12.1 Å². The van der Waals surface area contributed by atoms with E-state index in [-0.39, 0.29) is 24.7 Å². The van der Waals surface area contributed by atoms with Gasteiger partial charge in [-0.3, -0.25) is 4.79 Å². The van der Waals surface area contributed by atoms with Crippen molar-refractivity contribution in [1.82, 2.24) is 4.90 Å². The molecule has 2 N–H and O–H groups in total. The highest BCUT2D eigenvalue weighted by Gasteiger charge is 2.30. The number of nitrogens with two attached hydrogens (primary N) is 1. The van der Waals surface area contributed by atoms with E-state index in [2.05, 4.69) is 0 Å². The number of ether oxygens (including phenoxy) is 2. The second kappa shape index (κ2) is 6.72. The lowest BCUT2D eigenvalue weighted by atomic mass is 10.1. The van der Waals surface area contributed by atoms with Crippen molar-refractivity contribution in [2.24, 2.45) is 5.73 Å². The number of nitrogens with zero attached hydrogens (tertiary/aromatic N) is 1. The van der Waals surface area contributed by atoms with E-state index in [1.807, 2.05) is 31.2 Å². The average Bonchev–Trinajstić information content (AvgIpc) is 2.90. The molecule has 5 heteroatoms. The van der Waals surface area contributed by atoms with Gasteiger partial charge in [-0.15, -0.1) is 0 Å². The molecular formula is C15H22N2O3. The van der Waals surface area contributed by atoms with Crippen molar-refractivity contribution in [2.45, 2.75) is 32.0 Å². The highest BCUT2D eigenvalue weighted by atomic mass is 16.5. The molecule has 1 fully saturated rings. The van der Waals surface area contributed by atoms with Gasteiger partial charge in [0.1, 0.15) is 5.75 Å². The molecule has 1 saturated heterocycles. The Hall–Kier alpha value is -1.59. The SMILES string of the molecule is CC1OCCC1N(C)C(=O)COc1ccccc1CN. The smallest absolute Gasteiger partial charge is 0.260 e. The third-order valence-electron chi connectivity index (χ3n) is 3.77. The Kier molecular flexibility index (Phi) is 4.98. The molecular weight excluding hydrogens is 256 g/mol. The number of rotatable bonds is 5. The van der Waals surface area contributed by atoms with Crippen molar-refractivity contribution < 1.29 is 14.3 Å². The number of amides is 1. The van der Waals surface area contributed by atoms with E-state index < -0.39 is 0 Å². The molecule has 0 bridgehead atoms. The normalized spacial score (nSPS) is 21.8. The highest BCUT2D eigenvalue weighted by molar-refractivity contribution is 5.78. The number of para-hydroxylation sites is 1. The first-order valence-electron chi connectivity index (χ1n) is 6.91. The maximum atomic E-state index is 12.2. The molecule has 1 aromatic carbocycles. The Bertz CT molecular complexity index is 464. The summed E-state index contributed by atoms with van der Waals surface area (Å²) < 4.78 is 11.1. The summed E-state index contributed by atoms with van der Waals surface area (Å²) in [6.45, 7) is 3.12. The Labute approximate surface area is 119 Å². The van der Waals surface area contributed by atoms with Crippen LogP contribution in [-0.4, -0.2) is 43.2 Å². The fourth-order valence-corrected chi connectivity index (χ4v) is 2.47. The van der Waals surface area contributed by atoms with E-state index in [1.165, 1.54) is 0 Å². The van der Waals surface area contributed by atoms with Gasteiger partial charge >= 0.3 is 0 Å². The van der Waals surface area contributed by atoms with Crippen LogP contribution in [0.15, 0.2) is 24.3 Å². The predicted molar refractivity (Wildman–Crippen MR) is 76.4 cm³/mol. The molecule has 1 aliphatic heterocycles. The van der Waals surface area contributed by atoms with Gasteiger partial charge < -0.3 is 20.1 Å². The van der Waals surface area contributed by atoms with E-state index in [1.54, 1.807) is 11.9 Å². The van der Waals surface area contributed by atoms with Crippen LogP contribution in [0.2, 0.25) is 0 Å². The molecule has 0 radical (unpaired) electrons. The first-order chi connectivity index (χ1) is 9.63. The molecule has 2 rings (SSSR count). The summed E-state index contributed by atoms with van der Waals surface area (Å²) in [6.07, 6.45) is 0.961. The quantitative estimate of drug-likeness (QED) is 0.878. The Balaban J connectivity index is 1.91. The molecule has 20 heavy (non-hydrogen) atoms. The van der Waals surface area contributed by atoms with Crippen molar-refractivity contribution in [1.29, 1.82) is 0 Å². The van der Waals surface area contributed by atoms with Gasteiger partial charge in [0.15, 0.2) is 6.61 Å². The average molecular weight is 278 g/mol. The number of likely N-dealkylation sites (N-methyl/N-ethyl adjacent to an activating group) is 1. The monoisotopic (exact) mass is 278 g/mol. The van der Waals surface area contributed by atoms with Gasteiger partial charge in [-0.05, 0) is 19.4 Å². The van der Waals surface area contributed by atoms with Crippen molar-refractivity contribution in [3.8, 4) is 5.75 Å². The minimum atomic E-state index is -0.0424. The molecule has 0 aromatic heterocycles. The molecule has 1 amide bonds. The lowest BCUT2D eigenvalue weighted by molar-refractivity contribution is -0.135. The van der Waals surface area contributed by atoms with Crippen LogP contribution in [0.5, 0.6) is 5.75 Å². The fraction of sp³-hybridized carbons (Fsp3) is 0.533. The maximum absolute atomic E-state index is 12.2. The van der Waals surface area contributed by atoms with Gasteiger partial charge in [-0.2, -0.15) is 0 Å². The molecule has 0 spiro atoms. The summed E-state index contributed by atoms with van der Waals surface area (Å²) in [7, 11) is 1.80. The molecule has 0 saturated carbocycles. The van der Waals surface area contributed by atoms with E-state index in [0.29, 0.717) is 18.9 Å². The summed E-state index contributed by atoms with van der Waals surface area (Å²) >= 11 is 0. The number of carbonyl (C=O) groups is 1. The third kappa shape index (κ3) is 3.29. The second-order valence-electron chi connectivity index (χ2n) is 5.04. The number of hydrogen-bond acceptors (Lipinski definition) is 4. The van der Waals surface area contributed by atoms with E-state index in [9.17, 15) is 4.79 Å². The van der Waals surface area contributed by atoms with Crippen molar-refractivity contribution in [2.75, 3.05) is 20.3 Å². The summed E-state index contributed by atoms with van der Waals surface area (Å²) in [4.78, 5) is 13.9.